The highest BCUT2D eigenvalue weighted by Gasteiger charge is 2.22. The number of aldehydes is 1. The highest BCUT2D eigenvalue weighted by Crippen LogP contribution is 2.23. The number of rotatable bonds is 3. The maximum Gasteiger partial charge on any atom is 0.252 e. The lowest BCUT2D eigenvalue weighted by Gasteiger charge is -2.31. The van der Waals surface area contributed by atoms with E-state index in [1.54, 1.807) is 18.3 Å². The van der Waals surface area contributed by atoms with Gasteiger partial charge < -0.3 is 15.4 Å². The highest BCUT2D eigenvalue weighted by atomic mass is 16.1. The number of hydrogen-bond acceptors (Lipinski definition) is 4. The Morgan fingerprint density at radius 1 is 1.47 bits per heavy atom. The molecule has 2 rings (SSSR count). The number of hydrogen-bond donors (Lipinski definition) is 1. The van der Waals surface area contributed by atoms with Gasteiger partial charge in [0.1, 0.15) is 12.1 Å². The molecular weight excluding hydrogens is 218 g/mol. The van der Waals surface area contributed by atoms with Gasteiger partial charge in [-0.1, -0.05) is 0 Å². The number of anilines is 1. The van der Waals surface area contributed by atoms with Crippen LogP contribution in [0.5, 0.6) is 0 Å². The zero-order valence-electron chi connectivity index (χ0n) is 9.50. The van der Waals surface area contributed by atoms with Crippen LogP contribution in [0, 0.1) is 5.92 Å². The Kier molecular flexibility index (Phi) is 3.37. The normalized spacial score (nSPS) is 16.8. The fourth-order valence-corrected chi connectivity index (χ4v) is 2.09. The van der Waals surface area contributed by atoms with Gasteiger partial charge in [-0.15, -0.1) is 0 Å². The van der Waals surface area contributed by atoms with Crippen molar-refractivity contribution in [2.24, 2.45) is 11.7 Å². The first kappa shape index (κ1) is 11.6. The molecule has 0 atom stereocenters. The fraction of sp³-hybridized carbons (Fsp3) is 0.417. The summed E-state index contributed by atoms with van der Waals surface area (Å²) in [4.78, 5) is 28.2. The number of pyridine rings is 1. The molecular formula is C12H15N3O2. The lowest BCUT2D eigenvalue weighted by Crippen LogP contribution is -2.36. The van der Waals surface area contributed by atoms with Gasteiger partial charge in [-0.3, -0.25) is 4.79 Å². The molecule has 0 spiro atoms. The van der Waals surface area contributed by atoms with Crippen LogP contribution in [0.2, 0.25) is 0 Å². The summed E-state index contributed by atoms with van der Waals surface area (Å²) < 4.78 is 0. The smallest absolute Gasteiger partial charge is 0.252 e. The molecule has 0 bridgehead atoms. The van der Waals surface area contributed by atoms with Crippen LogP contribution in [0.25, 0.3) is 0 Å². The summed E-state index contributed by atoms with van der Waals surface area (Å²) >= 11 is 0. The molecule has 2 N–H and O–H groups in total. The number of nitrogens with two attached hydrogens (primary N) is 1. The van der Waals surface area contributed by atoms with Gasteiger partial charge >= 0.3 is 0 Å². The van der Waals surface area contributed by atoms with Crippen LogP contribution < -0.4 is 10.6 Å². The molecule has 1 aromatic rings. The van der Waals surface area contributed by atoms with Gasteiger partial charge in [-0.25, -0.2) is 4.98 Å². The summed E-state index contributed by atoms with van der Waals surface area (Å²) in [5, 5.41) is 0. The van der Waals surface area contributed by atoms with E-state index in [2.05, 4.69) is 4.98 Å². The van der Waals surface area contributed by atoms with E-state index in [9.17, 15) is 9.59 Å². The van der Waals surface area contributed by atoms with Crippen molar-refractivity contribution in [3.8, 4) is 0 Å². The van der Waals surface area contributed by atoms with Gasteiger partial charge in [0, 0.05) is 25.2 Å². The zero-order valence-corrected chi connectivity index (χ0v) is 9.50. The van der Waals surface area contributed by atoms with Crippen LogP contribution in [-0.2, 0) is 4.79 Å². The summed E-state index contributed by atoms with van der Waals surface area (Å²) in [6.07, 6.45) is 4.26. The molecule has 17 heavy (non-hydrogen) atoms. The second-order valence-electron chi connectivity index (χ2n) is 4.20. The predicted octanol–water partition coefficient (Wildman–Crippen LogP) is 0.596. The van der Waals surface area contributed by atoms with Crippen molar-refractivity contribution >= 4 is 18.0 Å². The quantitative estimate of drug-likeness (QED) is 0.775. The average Bonchev–Trinajstić information content (AvgIpc) is 2.39. The Balaban J connectivity index is 2.18. The molecule has 0 aromatic carbocycles. The topological polar surface area (TPSA) is 76.3 Å². The molecule has 0 radical (unpaired) electrons. The predicted molar refractivity (Wildman–Crippen MR) is 63.8 cm³/mol. The molecule has 5 nitrogen and oxygen atoms in total. The SMILES string of the molecule is NC(=O)c1cccnc1N1CCC(C=O)CC1. The van der Waals surface area contributed by atoms with E-state index in [1.165, 1.54) is 0 Å². The summed E-state index contributed by atoms with van der Waals surface area (Å²) in [5.74, 6) is 0.293. The molecule has 5 heteroatoms. The Bertz CT molecular complexity index is 426. The lowest BCUT2D eigenvalue weighted by molar-refractivity contribution is -0.111. The monoisotopic (exact) mass is 233 g/mol. The minimum atomic E-state index is -0.467. The summed E-state index contributed by atoms with van der Waals surface area (Å²) in [7, 11) is 0. The molecule has 0 saturated carbocycles. The number of carbonyl (C=O) groups excluding carboxylic acids is 2. The Labute approximate surface area is 99.6 Å². The van der Waals surface area contributed by atoms with Crippen LogP contribution >= 0.6 is 0 Å². The number of nitrogens with zero attached hydrogens (tertiary/aromatic N) is 2. The maximum absolute atomic E-state index is 11.3. The Morgan fingerprint density at radius 3 is 2.76 bits per heavy atom. The van der Waals surface area contributed by atoms with Crippen molar-refractivity contribution in [1.29, 1.82) is 0 Å². The third-order valence-electron chi connectivity index (χ3n) is 3.08. The fourth-order valence-electron chi connectivity index (χ4n) is 2.09. The molecule has 0 aliphatic carbocycles. The molecule has 1 fully saturated rings. The van der Waals surface area contributed by atoms with Crippen molar-refractivity contribution in [2.75, 3.05) is 18.0 Å². The average molecular weight is 233 g/mol. The van der Waals surface area contributed by atoms with Crippen molar-refractivity contribution < 1.29 is 9.59 Å². The molecule has 90 valence electrons. The first-order valence-electron chi connectivity index (χ1n) is 5.67. The number of carbonyl (C=O) groups is 2. The van der Waals surface area contributed by atoms with Gasteiger partial charge in [0.25, 0.3) is 5.91 Å². The summed E-state index contributed by atoms with van der Waals surface area (Å²) in [6.45, 7) is 1.47. The molecule has 1 aromatic heterocycles. The minimum Gasteiger partial charge on any atom is -0.365 e. The second-order valence-corrected chi connectivity index (χ2v) is 4.20. The summed E-state index contributed by atoms with van der Waals surface area (Å²) in [5.41, 5.74) is 5.75. The van der Waals surface area contributed by atoms with Gasteiger partial charge in [0.05, 0.1) is 5.56 Å². The molecule has 2 heterocycles. The van der Waals surface area contributed by atoms with E-state index in [0.717, 1.165) is 32.2 Å². The van der Waals surface area contributed by atoms with E-state index in [-0.39, 0.29) is 5.92 Å². The van der Waals surface area contributed by atoms with E-state index < -0.39 is 5.91 Å². The number of aromatic nitrogens is 1. The van der Waals surface area contributed by atoms with Crippen LogP contribution in [0.1, 0.15) is 23.2 Å². The Hall–Kier alpha value is -1.91. The first-order valence-corrected chi connectivity index (χ1v) is 5.67. The van der Waals surface area contributed by atoms with Crippen LogP contribution in [0.4, 0.5) is 5.82 Å². The zero-order chi connectivity index (χ0) is 12.3. The van der Waals surface area contributed by atoms with Gasteiger partial charge in [0.2, 0.25) is 0 Å². The molecule has 0 unspecified atom stereocenters. The maximum atomic E-state index is 11.3. The third-order valence-corrected chi connectivity index (χ3v) is 3.08. The van der Waals surface area contributed by atoms with Crippen LogP contribution in [0.3, 0.4) is 0 Å². The standard InChI is InChI=1S/C12H15N3O2/c13-11(17)10-2-1-5-14-12(10)15-6-3-9(8-16)4-7-15/h1-2,5,8-9H,3-4,6-7H2,(H2,13,17). The number of piperidine rings is 1. The van der Waals surface area contributed by atoms with Crippen molar-refractivity contribution in [1.82, 2.24) is 4.98 Å². The van der Waals surface area contributed by atoms with Gasteiger partial charge in [-0.05, 0) is 25.0 Å². The number of primary amides is 1. The molecule has 1 saturated heterocycles. The van der Waals surface area contributed by atoms with Crippen molar-refractivity contribution in [3.05, 3.63) is 23.9 Å². The largest absolute Gasteiger partial charge is 0.365 e. The molecule has 1 aliphatic heterocycles. The minimum absolute atomic E-state index is 0.131. The van der Waals surface area contributed by atoms with Crippen LogP contribution in [-0.4, -0.2) is 30.3 Å². The number of amides is 1. The van der Waals surface area contributed by atoms with Crippen LogP contribution in [0.15, 0.2) is 18.3 Å². The Morgan fingerprint density at radius 2 is 2.18 bits per heavy atom. The van der Waals surface area contributed by atoms with Gasteiger partial charge in [-0.2, -0.15) is 0 Å². The molecule has 1 aliphatic rings. The first-order chi connectivity index (χ1) is 8.22. The van der Waals surface area contributed by atoms with E-state index in [0.29, 0.717) is 11.4 Å². The van der Waals surface area contributed by atoms with Gasteiger partial charge in [0.15, 0.2) is 0 Å². The summed E-state index contributed by atoms with van der Waals surface area (Å²) in [6, 6.07) is 3.37. The van der Waals surface area contributed by atoms with E-state index in [4.69, 9.17) is 5.73 Å². The lowest BCUT2D eigenvalue weighted by atomic mass is 9.98. The van der Waals surface area contributed by atoms with E-state index >= 15 is 0 Å². The van der Waals surface area contributed by atoms with Crippen molar-refractivity contribution in [2.45, 2.75) is 12.8 Å². The second kappa shape index (κ2) is 4.95. The van der Waals surface area contributed by atoms with E-state index in [1.807, 2.05) is 4.90 Å². The third kappa shape index (κ3) is 2.43. The van der Waals surface area contributed by atoms with Crippen molar-refractivity contribution in [3.63, 3.8) is 0 Å². The highest BCUT2D eigenvalue weighted by molar-refractivity contribution is 5.97. The molecule has 1 amide bonds.